The van der Waals surface area contributed by atoms with Crippen LogP contribution >= 0.6 is 11.3 Å². The van der Waals surface area contributed by atoms with Crippen LogP contribution in [-0.2, 0) is 0 Å². The highest BCUT2D eigenvalue weighted by Crippen LogP contribution is 2.41. The highest BCUT2D eigenvalue weighted by Gasteiger charge is 2.18. The van der Waals surface area contributed by atoms with E-state index in [1.54, 1.807) is 11.3 Å². The van der Waals surface area contributed by atoms with Crippen LogP contribution < -0.4 is 14.8 Å². The summed E-state index contributed by atoms with van der Waals surface area (Å²) in [5.74, 6) is 3.80. The SMILES string of the molecule is CCOc1ccc(-c2c(C)sc3nc(C)nc(Nc4ccc(OCC(C)C)cc4)c23)cc1. The Bertz CT molecular complexity index is 1200. The molecular formula is C26H29N3O2S. The van der Waals surface area contributed by atoms with Crippen molar-refractivity contribution in [2.45, 2.75) is 34.6 Å². The summed E-state index contributed by atoms with van der Waals surface area (Å²) in [7, 11) is 0. The summed E-state index contributed by atoms with van der Waals surface area (Å²) >= 11 is 1.70. The Balaban J connectivity index is 1.70. The second-order valence-electron chi connectivity index (χ2n) is 8.14. The predicted octanol–water partition coefficient (Wildman–Crippen LogP) is 7.15. The molecule has 0 saturated heterocycles. The number of fused-ring (bicyclic) bond motifs is 1. The fourth-order valence-corrected chi connectivity index (χ4v) is 4.67. The van der Waals surface area contributed by atoms with Crippen LogP contribution in [0.1, 0.15) is 31.5 Å². The number of aromatic nitrogens is 2. The van der Waals surface area contributed by atoms with Crippen molar-refractivity contribution in [2.75, 3.05) is 18.5 Å². The van der Waals surface area contributed by atoms with Crippen LogP contribution in [0.4, 0.5) is 11.5 Å². The Morgan fingerprint density at radius 3 is 2.22 bits per heavy atom. The molecule has 2 aromatic carbocycles. The molecule has 32 heavy (non-hydrogen) atoms. The van der Waals surface area contributed by atoms with Crippen molar-refractivity contribution in [3.8, 4) is 22.6 Å². The third-order valence-corrected chi connectivity index (χ3v) is 5.99. The van der Waals surface area contributed by atoms with Crippen LogP contribution in [0.15, 0.2) is 48.5 Å². The molecule has 4 aromatic rings. The molecule has 6 heteroatoms. The molecule has 2 aromatic heterocycles. The van der Waals surface area contributed by atoms with Gasteiger partial charge in [0.1, 0.15) is 28.0 Å². The minimum atomic E-state index is 0.493. The molecule has 2 heterocycles. The third kappa shape index (κ3) is 4.86. The van der Waals surface area contributed by atoms with E-state index in [1.165, 1.54) is 4.88 Å². The summed E-state index contributed by atoms with van der Waals surface area (Å²) < 4.78 is 11.4. The average Bonchev–Trinajstić information content (AvgIpc) is 3.09. The van der Waals surface area contributed by atoms with E-state index in [-0.39, 0.29) is 0 Å². The molecular weight excluding hydrogens is 418 g/mol. The van der Waals surface area contributed by atoms with E-state index < -0.39 is 0 Å². The normalized spacial score (nSPS) is 11.2. The van der Waals surface area contributed by atoms with Gasteiger partial charge >= 0.3 is 0 Å². The number of anilines is 2. The molecule has 0 aliphatic rings. The van der Waals surface area contributed by atoms with Crippen molar-refractivity contribution in [1.82, 2.24) is 9.97 Å². The molecule has 166 valence electrons. The number of benzene rings is 2. The van der Waals surface area contributed by atoms with Crippen molar-refractivity contribution in [3.05, 3.63) is 59.2 Å². The van der Waals surface area contributed by atoms with Crippen molar-refractivity contribution in [3.63, 3.8) is 0 Å². The zero-order valence-electron chi connectivity index (χ0n) is 19.2. The first-order valence-corrected chi connectivity index (χ1v) is 11.8. The monoisotopic (exact) mass is 447 g/mol. The first-order valence-electron chi connectivity index (χ1n) is 11.0. The lowest BCUT2D eigenvalue weighted by atomic mass is 10.0. The van der Waals surface area contributed by atoms with Gasteiger partial charge in [0.05, 0.1) is 18.6 Å². The molecule has 0 amide bonds. The Kier molecular flexibility index (Phi) is 6.61. The van der Waals surface area contributed by atoms with Gasteiger partial charge < -0.3 is 14.8 Å². The van der Waals surface area contributed by atoms with Gasteiger partial charge in [0.15, 0.2) is 0 Å². The Labute approximate surface area is 193 Å². The number of nitrogens with zero attached hydrogens (tertiary/aromatic N) is 2. The van der Waals surface area contributed by atoms with Crippen molar-refractivity contribution >= 4 is 33.1 Å². The van der Waals surface area contributed by atoms with Crippen molar-refractivity contribution in [1.29, 1.82) is 0 Å². The number of aryl methyl sites for hydroxylation is 2. The molecule has 5 nitrogen and oxygen atoms in total. The van der Waals surface area contributed by atoms with Crippen molar-refractivity contribution < 1.29 is 9.47 Å². The maximum atomic E-state index is 5.81. The maximum absolute atomic E-state index is 5.81. The Hall–Kier alpha value is -3.12. The minimum absolute atomic E-state index is 0.493. The van der Waals surface area contributed by atoms with Gasteiger partial charge in [-0.25, -0.2) is 9.97 Å². The highest BCUT2D eigenvalue weighted by molar-refractivity contribution is 7.19. The van der Waals surface area contributed by atoms with E-state index in [0.29, 0.717) is 19.1 Å². The maximum Gasteiger partial charge on any atom is 0.143 e. The van der Waals surface area contributed by atoms with Crippen LogP contribution in [0.5, 0.6) is 11.5 Å². The van der Waals surface area contributed by atoms with Crippen LogP contribution in [-0.4, -0.2) is 23.2 Å². The molecule has 0 atom stereocenters. The smallest absolute Gasteiger partial charge is 0.143 e. The molecule has 0 spiro atoms. The molecule has 0 fully saturated rings. The van der Waals surface area contributed by atoms with Gasteiger partial charge in [0.2, 0.25) is 0 Å². The molecule has 0 unspecified atom stereocenters. The lowest BCUT2D eigenvalue weighted by Gasteiger charge is -2.12. The molecule has 4 rings (SSSR count). The van der Waals surface area contributed by atoms with Crippen LogP contribution in [0.25, 0.3) is 21.3 Å². The second kappa shape index (κ2) is 9.57. The van der Waals surface area contributed by atoms with Gasteiger partial charge in [0.25, 0.3) is 0 Å². The van der Waals surface area contributed by atoms with Gasteiger partial charge in [-0.3, -0.25) is 0 Å². The number of hydrogen-bond acceptors (Lipinski definition) is 6. The van der Waals surface area contributed by atoms with Gasteiger partial charge in [0, 0.05) is 16.1 Å². The van der Waals surface area contributed by atoms with Gasteiger partial charge in [-0.2, -0.15) is 0 Å². The Morgan fingerprint density at radius 2 is 1.56 bits per heavy atom. The zero-order valence-corrected chi connectivity index (χ0v) is 20.0. The lowest BCUT2D eigenvalue weighted by Crippen LogP contribution is -2.04. The topological polar surface area (TPSA) is 56.3 Å². The van der Waals surface area contributed by atoms with Gasteiger partial charge in [-0.05, 0) is 68.7 Å². The van der Waals surface area contributed by atoms with Crippen molar-refractivity contribution in [2.24, 2.45) is 5.92 Å². The van der Waals surface area contributed by atoms with E-state index in [4.69, 9.17) is 19.4 Å². The summed E-state index contributed by atoms with van der Waals surface area (Å²) in [5, 5.41) is 4.55. The van der Waals surface area contributed by atoms with E-state index in [1.807, 2.05) is 50.2 Å². The summed E-state index contributed by atoms with van der Waals surface area (Å²) in [4.78, 5) is 11.7. The van der Waals surface area contributed by atoms with E-state index in [2.05, 4.69) is 38.2 Å². The van der Waals surface area contributed by atoms with Crippen LogP contribution in [0.3, 0.4) is 0 Å². The first kappa shape index (κ1) is 22.1. The number of ether oxygens (including phenoxy) is 2. The quantitative estimate of drug-likeness (QED) is 0.311. The number of hydrogen-bond donors (Lipinski definition) is 1. The second-order valence-corrected chi connectivity index (χ2v) is 9.35. The van der Waals surface area contributed by atoms with Crippen LogP contribution in [0, 0.1) is 19.8 Å². The van der Waals surface area contributed by atoms with E-state index in [0.717, 1.165) is 50.2 Å². The highest BCUT2D eigenvalue weighted by atomic mass is 32.1. The summed E-state index contributed by atoms with van der Waals surface area (Å²) in [6.07, 6.45) is 0. The standard InChI is InChI=1S/C26H29N3O2S/c1-6-30-21-11-7-19(8-12-21)23-17(4)32-26-24(23)25(27-18(5)28-26)29-20-9-13-22(14-10-20)31-15-16(2)3/h7-14,16H,6,15H2,1-5H3,(H,27,28,29). The summed E-state index contributed by atoms with van der Waals surface area (Å²) in [5.41, 5.74) is 3.25. The minimum Gasteiger partial charge on any atom is -0.494 e. The van der Waals surface area contributed by atoms with E-state index in [9.17, 15) is 0 Å². The van der Waals surface area contributed by atoms with Gasteiger partial charge in [-0.15, -0.1) is 11.3 Å². The number of thiophene rings is 1. The first-order chi connectivity index (χ1) is 15.4. The predicted molar refractivity (Wildman–Crippen MR) is 134 cm³/mol. The third-order valence-electron chi connectivity index (χ3n) is 4.99. The van der Waals surface area contributed by atoms with Crippen LogP contribution in [0.2, 0.25) is 0 Å². The van der Waals surface area contributed by atoms with Gasteiger partial charge in [-0.1, -0.05) is 26.0 Å². The molecule has 0 saturated carbocycles. The number of rotatable bonds is 8. The van der Waals surface area contributed by atoms with E-state index >= 15 is 0 Å². The zero-order chi connectivity index (χ0) is 22.7. The lowest BCUT2D eigenvalue weighted by molar-refractivity contribution is 0.271. The molecule has 0 aliphatic carbocycles. The number of nitrogens with one attached hydrogen (secondary N) is 1. The summed E-state index contributed by atoms with van der Waals surface area (Å²) in [6, 6.07) is 16.3. The average molecular weight is 448 g/mol. The molecule has 0 bridgehead atoms. The largest absolute Gasteiger partial charge is 0.494 e. The fraction of sp³-hybridized carbons (Fsp3) is 0.308. The molecule has 0 radical (unpaired) electrons. The Morgan fingerprint density at radius 1 is 0.906 bits per heavy atom. The molecule has 1 N–H and O–H groups in total. The fourth-order valence-electron chi connectivity index (χ4n) is 3.57. The summed E-state index contributed by atoms with van der Waals surface area (Å²) in [6.45, 7) is 11.7. The molecule has 0 aliphatic heterocycles.